The van der Waals surface area contributed by atoms with Crippen LogP contribution in [0.25, 0.3) is 0 Å². The van der Waals surface area contributed by atoms with E-state index in [1.54, 1.807) is 24.0 Å². The average Bonchev–Trinajstić information content (AvgIpc) is 3.37. The number of aromatic amines is 1. The van der Waals surface area contributed by atoms with Crippen molar-refractivity contribution >= 4 is 45.3 Å². The van der Waals surface area contributed by atoms with Crippen molar-refractivity contribution < 1.29 is 9.59 Å². The second-order valence-corrected chi connectivity index (χ2v) is 8.49. The molecule has 0 saturated carbocycles. The fourth-order valence-corrected chi connectivity index (χ4v) is 5.02. The first kappa shape index (κ1) is 17.4. The van der Waals surface area contributed by atoms with Gasteiger partial charge < -0.3 is 9.88 Å². The molecule has 0 atom stereocenters. The first-order chi connectivity index (χ1) is 12.7. The van der Waals surface area contributed by atoms with E-state index in [-0.39, 0.29) is 11.7 Å². The summed E-state index contributed by atoms with van der Waals surface area (Å²) in [6, 6.07) is 9.75. The Hall–Kier alpha value is -1.99. The van der Waals surface area contributed by atoms with E-state index in [1.165, 1.54) is 17.3 Å². The zero-order valence-corrected chi connectivity index (χ0v) is 15.9. The minimum atomic E-state index is -0.0157. The summed E-state index contributed by atoms with van der Waals surface area (Å²) in [5.74, 6) is 1.20. The Morgan fingerprint density at radius 2 is 2.04 bits per heavy atom. The predicted octanol–water partition coefficient (Wildman–Crippen LogP) is 4.10. The molecule has 0 aliphatic carbocycles. The van der Waals surface area contributed by atoms with Gasteiger partial charge in [0, 0.05) is 30.6 Å². The molecule has 1 aromatic heterocycles. The molecule has 1 aromatic carbocycles. The Labute approximate surface area is 160 Å². The van der Waals surface area contributed by atoms with Gasteiger partial charge in [0.15, 0.2) is 5.78 Å². The van der Waals surface area contributed by atoms with Gasteiger partial charge in [0.05, 0.1) is 11.4 Å². The molecular formula is C19H19N3O2S2. The lowest BCUT2D eigenvalue weighted by molar-refractivity contribution is 0.0787. The van der Waals surface area contributed by atoms with Crippen LogP contribution < -0.4 is 0 Å². The van der Waals surface area contributed by atoms with Gasteiger partial charge in [0.1, 0.15) is 10.1 Å². The summed E-state index contributed by atoms with van der Waals surface area (Å²) in [6.45, 7) is 1.60. The monoisotopic (exact) mass is 385 g/mol. The van der Waals surface area contributed by atoms with Crippen LogP contribution in [0, 0.1) is 0 Å². The van der Waals surface area contributed by atoms with Crippen molar-refractivity contribution in [2.45, 2.75) is 18.6 Å². The van der Waals surface area contributed by atoms with Crippen molar-refractivity contribution in [1.82, 2.24) is 9.88 Å². The Morgan fingerprint density at radius 3 is 2.88 bits per heavy atom. The number of ketones is 1. The summed E-state index contributed by atoms with van der Waals surface area (Å²) in [6.07, 6.45) is 3.74. The molecular weight excluding hydrogens is 366 g/mol. The normalized spacial score (nSPS) is 16.3. The SMILES string of the molecule is O=C(CSC1=Nc2ccccc2CS1)c1c[nH]c(C(=O)N2CCCC2)c1. The number of carbonyl (C=O) groups excluding carboxylic acids is 2. The number of nitrogens with one attached hydrogen (secondary N) is 1. The molecule has 5 nitrogen and oxygen atoms in total. The number of thioether (sulfide) groups is 2. The fraction of sp³-hybridized carbons (Fsp3) is 0.316. The first-order valence-electron chi connectivity index (χ1n) is 8.64. The Bertz CT molecular complexity index is 869. The minimum Gasteiger partial charge on any atom is -0.356 e. The van der Waals surface area contributed by atoms with Gasteiger partial charge in [-0.25, -0.2) is 4.99 Å². The third kappa shape index (κ3) is 3.73. The number of hydrogen-bond acceptors (Lipinski definition) is 5. The molecule has 3 heterocycles. The number of rotatable bonds is 4. The zero-order valence-electron chi connectivity index (χ0n) is 14.2. The summed E-state index contributed by atoms with van der Waals surface area (Å²) in [5.41, 5.74) is 3.27. The molecule has 2 aliphatic heterocycles. The molecule has 2 aromatic rings. The average molecular weight is 386 g/mol. The highest BCUT2D eigenvalue weighted by molar-refractivity contribution is 8.38. The number of hydrogen-bond donors (Lipinski definition) is 1. The van der Waals surface area contributed by atoms with Crippen LogP contribution in [0.1, 0.15) is 39.3 Å². The number of benzene rings is 1. The third-order valence-electron chi connectivity index (χ3n) is 4.51. The number of nitrogens with zero attached hydrogens (tertiary/aromatic N) is 2. The number of fused-ring (bicyclic) bond motifs is 1. The van der Waals surface area contributed by atoms with Crippen LogP contribution >= 0.6 is 23.5 Å². The molecule has 2 aliphatic rings. The summed E-state index contributed by atoms with van der Waals surface area (Å²) < 4.78 is 0.918. The smallest absolute Gasteiger partial charge is 0.270 e. The maximum atomic E-state index is 12.5. The van der Waals surface area contributed by atoms with Gasteiger partial charge in [-0.05, 0) is 30.5 Å². The summed E-state index contributed by atoms with van der Waals surface area (Å²) >= 11 is 3.12. The molecule has 0 radical (unpaired) electrons. The van der Waals surface area contributed by atoms with Gasteiger partial charge in [-0.3, -0.25) is 9.59 Å². The van der Waals surface area contributed by atoms with Gasteiger partial charge in [-0.2, -0.15) is 0 Å². The lowest BCUT2D eigenvalue weighted by atomic mass is 10.2. The van der Waals surface area contributed by atoms with E-state index in [1.807, 2.05) is 23.1 Å². The molecule has 0 bridgehead atoms. The highest BCUT2D eigenvalue weighted by atomic mass is 32.2. The Morgan fingerprint density at radius 1 is 1.23 bits per heavy atom. The summed E-state index contributed by atoms with van der Waals surface area (Å²) in [4.78, 5) is 34.2. The van der Waals surface area contributed by atoms with Crippen LogP contribution in [0.15, 0.2) is 41.5 Å². The first-order valence-corrected chi connectivity index (χ1v) is 10.6. The topological polar surface area (TPSA) is 65.5 Å². The predicted molar refractivity (Wildman–Crippen MR) is 108 cm³/mol. The number of para-hydroxylation sites is 1. The molecule has 0 spiro atoms. The third-order valence-corrected chi connectivity index (χ3v) is 6.76. The van der Waals surface area contributed by atoms with Crippen molar-refractivity contribution in [3.05, 3.63) is 53.3 Å². The van der Waals surface area contributed by atoms with E-state index in [0.717, 1.165) is 41.7 Å². The van der Waals surface area contributed by atoms with Crippen molar-refractivity contribution in [2.24, 2.45) is 4.99 Å². The number of Topliss-reactive ketones (excluding diaryl/α,β-unsaturated/α-hetero) is 1. The largest absolute Gasteiger partial charge is 0.356 e. The van der Waals surface area contributed by atoms with Gasteiger partial charge in [-0.15, -0.1) is 0 Å². The van der Waals surface area contributed by atoms with E-state index in [4.69, 9.17) is 0 Å². The van der Waals surface area contributed by atoms with Crippen LogP contribution in [0.5, 0.6) is 0 Å². The summed E-state index contributed by atoms with van der Waals surface area (Å²) in [5, 5.41) is 0. The molecule has 1 saturated heterocycles. The molecule has 1 fully saturated rings. The van der Waals surface area contributed by atoms with Crippen molar-refractivity contribution in [3.63, 3.8) is 0 Å². The van der Waals surface area contributed by atoms with Gasteiger partial charge in [0.2, 0.25) is 0 Å². The second kappa shape index (κ2) is 7.72. The highest BCUT2D eigenvalue weighted by Gasteiger charge is 2.22. The zero-order chi connectivity index (χ0) is 17.9. The molecule has 26 heavy (non-hydrogen) atoms. The fourth-order valence-electron chi connectivity index (χ4n) is 3.07. The lowest BCUT2D eigenvalue weighted by Gasteiger charge is -2.13. The van der Waals surface area contributed by atoms with Gasteiger partial charge in [-0.1, -0.05) is 41.7 Å². The number of amides is 1. The molecule has 1 amide bonds. The number of aromatic nitrogens is 1. The van der Waals surface area contributed by atoms with Crippen molar-refractivity contribution in [2.75, 3.05) is 18.8 Å². The molecule has 0 unspecified atom stereocenters. The molecule has 4 rings (SSSR count). The molecule has 1 N–H and O–H groups in total. The van der Waals surface area contributed by atoms with Gasteiger partial charge in [0.25, 0.3) is 5.91 Å². The quantitative estimate of drug-likeness (QED) is 0.805. The lowest BCUT2D eigenvalue weighted by Crippen LogP contribution is -2.27. The van der Waals surface area contributed by atoms with Crippen LogP contribution in [0.2, 0.25) is 0 Å². The van der Waals surface area contributed by atoms with Crippen LogP contribution in [-0.2, 0) is 5.75 Å². The van der Waals surface area contributed by atoms with E-state index in [2.05, 4.69) is 16.0 Å². The van der Waals surface area contributed by atoms with Gasteiger partial charge >= 0.3 is 0 Å². The maximum absolute atomic E-state index is 12.5. The minimum absolute atomic E-state index is 0.00822. The second-order valence-electron chi connectivity index (χ2n) is 6.31. The maximum Gasteiger partial charge on any atom is 0.270 e. The van der Waals surface area contributed by atoms with Crippen molar-refractivity contribution in [1.29, 1.82) is 0 Å². The Kier molecular flexibility index (Phi) is 5.17. The number of aliphatic imine (C=N–C) groups is 1. The number of likely N-dealkylation sites (tertiary alicyclic amines) is 1. The highest BCUT2D eigenvalue weighted by Crippen LogP contribution is 2.34. The number of carbonyl (C=O) groups is 2. The van der Waals surface area contributed by atoms with E-state index in [9.17, 15) is 9.59 Å². The van der Waals surface area contributed by atoms with E-state index >= 15 is 0 Å². The molecule has 134 valence electrons. The van der Waals surface area contributed by atoms with Crippen LogP contribution in [0.4, 0.5) is 5.69 Å². The summed E-state index contributed by atoms with van der Waals surface area (Å²) in [7, 11) is 0. The molecule has 7 heteroatoms. The number of H-pyrrole nitrogens is 1. The van der Waals surface area contributed by atoms with Crippen LogP contribution in [-0.4, -0.2) is 44.8 Å². The van der Waals surface area contributed by atoms with Crippen molar-refractivity contribution in [3.8, 4) is 0 Å². The standard InChI is InChI=1S/C19H19N3O2S2/c23-17(12-26-19-21-15-6-2-1-5-13(15)11-25-19)14-9-16(20-10-14)18(24)22-7-3-4-8-22/h1-2,5-6,9-10,20H,3-4,7-8,11-12H2. The van der Waals surface area contributed by atoms with Crippen LogP contribution in [0.3, 0.4) is 0 Å². The Balaban J connectivity index is 1.37. The van der Waals surface area contributed by atoms with E-state index in [0.29, 0.717) is 17.0 Å². The van der Waals surface area contributed by atoms with E-state index < -0.39 is 0 Å².